The number of aryl methyl sites for hydroxylation is 1. The van der Waals surface area contributed by atoms with E-state index in [0.717, 1.165) is 44.3 Å². The Morgan fingerprint density at radius 1 is 1.21 bits per heavy atom. The fraction of sp³-hybridized carbons (Fsp3) is 0.625. The van der Waals surface area contributed by atoms with E-state index in [2.05, 4.69) is 0 Å². The van der Waals surface area contributed by atoms with Gasteiger partial charge in [-0.25, -0.2) is 0 Å². The van der Waals surface area contributed by atoms with Crippen LogP contribution in [-0.2, 0) is 6.42 Å². The summed E-state index contributed by atoms with van der Waals surface area (Å²) in [6, 6.07) is 7.93. The first kappa shape index (κ1) is 14.4. The molecule has 19 heavy (non-hydrogen) atoms. The number of ether oxygens (including phenoxy) is 1. The summed E-state index contributed by atoms with van der Waals surface area (Å²) < 4.78 is 5.67. The van der Waals surface area contributed by atoms with Crippen LogP contribution in [0.15, 0.2) is 24.3 Å². The van der Waals surface area contributed by atoms with E-state index < -0.39 is 5.60 Å². The van der Waals surface area contributed by atoms with Gasteiger partial charge in [-0.05, 0) is 50.3 Å². The Morgan fingerprint density at radius 2 is 1.84 bits per heavy atom. The van der Waals surface area contributed by atoms with Gasteiger partial charge in [0.25, 0.3) is 0 Å². The highest BCUT2D eigenvalue weighted by molar-refractivity contribution is 5.27. The average Bonchev–Trinajstić information content (AvgIpc) is 2.83. The van der Waals surface area contributed by atoms with Gasteiger partial charge in [-0.2, -0.15) is 0 Å². The van der Waals surface area contributed by atoms with Gasteiger partial charge in [0.1, 0.15) is 12.4 Å². The Hall–Kier alpha value is -1.06. The van der Waals surface area contributed by atoms with Crippen molar-refractivity contribution in [3.63, 3.8) is 0 Å². The highest BCUT2D eigenvalue weighted by atomic mass is 16.5. The lowest BCUT2D eigenvalue weighted by Crippen LogP contribution is -2.32. The zero-order chi connectivity index (χ0) is 13.7. The summed E-state index contributed by atoms with van der Waals surface area (Å²) in [6.07, 6.45) is 5.28. The van der Waals surface area contributed by atoms with Crippen LogP contribution in [0.3, 0.4) is 0 Å². The third-order valence-electron chi connectivity index (χ3n) is 3.82. The standard InChI is InChI=1S/C16H24O3/c1-13(17)4-5-14-6-8-15(9-7-14)19-12-16(18)10-2-3-11-16/h6-9,13,17-18H,2-5,10-12H2,1H3. The minimum absolute atomic E-state index is 0.257. The molecule has 0 aliphatic heterocycles. The third-order valence-corrected chi connectivity index (χ3v) is 3.82. The Balaban J connectivity index is 1.81. The molecule has 0 radical (unpaired) electrons. The van der Waals surface area contributed by atoms with Crippen molar-refractivity contribution < 1.29 is 14.9 Å². The molecular formula is C16H24O3. The van der Waals surface area contributed by atoms with Crippen molar-refractivity contribution in [2.75, 3.05) is 6.61 Å². The molecule has 1 atom stereocenters. The van der Waals surface area contributed by atoms with Gasteiger partial charge in [0.15, 0.2) is 0 Å². The molecule has 1 fully saturated rings. The minimum Gasteiger partial charge on any atom is -0.491 e. The molecular weight excluding hydrogens is 240 g/mol. The van der Waals surface area contributed by atoms with Crippen molar-refractivity contribution in [2.24, 2.45) is 0 Å². The van der Waals surface area contributed by atoms with Crippen LogP contribution in [0, 0.1) is 0 Å². The predicted octanol–water partition coefficient (Wildman–Crippen LogP) is 2.68. The highest BCUT2D eigenvalue weighted by Gasteiger charge is 2.31. The fourth-order valence-corrected chi connectivity index (χ4v) is 2.52. The van der Waals surface area contributed by atoms with Crippen LogP contribution in [0.25, 0.3) is 0 Å². The lowest BCUT2D eigenvalue weighted by atomic mass is 10.0. The number of hydrogen-bond donors (Lipinski definition) is 2. The van der Waals surface area contributed by atoms with E-state index >= 15 is 0 Å². The molecule has 2 rings (SSSR count). The summed E-state index contributed by atoms with van der Waals surface area (Å²) in [5, 5.41) is 19.4. The Kier molecular flexibility index (Phi) is 4.83. The molecule has 1 aliphatic carbocycles. The SMILES string of the molecule is CC(O)CCc1ccc(OCC2(O)CCCC2)cc1. The summed E-state index contributed by atoms with van der Waals surface area (Å²) in [6.45, 7) is 2.19. The van der Waals surface area contributed by atoms with E-state index in [0.29, 0.717) is 6.61 Å². The van der Waals surface area contributed by atoms with Crippen LogP contribution in [0.5, 0.6) is 5.75 Å². The van der Waals surface area contributed by atoms with Crippen LogP contribution in [0.1, 0.15) is 44.6 Å². The molecule has 0 spiro atoms. The van der Waals surface area contributed by atoms with E-state index in [1.807, 2.05) is 24.3 Å². The van der Waals surface area contributed by atoms with E-state index in [4.69, 9.17) is 4.74 Å². The lowest BCUT2D eigenvalue weighted by molar-refractivity contribution is 0.00140. The fourth-order valence-electron chi connectivity index (χ4n) is 2.52. The van der Waals surface area contributed by atoms with E-state index in [1.54, 1.807) is 6.92 Å². The lowest BCUT2D eigenvalue weighted by Gasteiger charge is -2.22. The normalized spacial score (nSPS) is 19.3. The van der Waals surface area contributed by atoms with Crippen molar-refractivity contribution in [2.45, 2.75) is 57.2 Å². The molecule has 2 N–H and O–H groups in total. The second-order valence-corrected chi connectivity index (χ2v) is 5.75. The van der Waals surface area contributed by atoms with Crippen molar-refractivity contribution in [1.29, 1.82) is 0 Å². The molecule has 0 heterocycles. The molecule has 3 nitrogen and oxygen atoms in total. The first-order valence-electron chi connectivity index (χ1n) is 7.20. The van der Waals surface area contributed by atoms with Gasteiger partial charge in [0.05, 0.1) is 11.7 Å². The van der Waals surface area contributed by atoms with E-state index in [9.17, 15) is 10.2 Å². The van der Waals surface area contributed by atoms with Crippen LogP contribution in [-0.4, -0.2) is 28.5 Å². The van der Waals surface area contributed by atoms with E-state index in [-0.39, 0.29) is 6.10 Å². The van der Waals surface area contributed by atoms with Crippen molar-refractivity contribution >= 4 is 0 Å². The molecule has 1 unspecified atom stereocenters. The van der Waals surface area contributed by atoms with Gasteiger partial charge < -0.3 is 14.9 Å². The molecule has 0 saturated heterocycles. The van der Waals surface area contributed by atoms with Gasteiger partial charge in [0.2, 0.25) is 0 Å². The molecule has 1 aromatic carbocycles. The second-order valence-electron chi connectivity index (χ2n) is 5.75. The maximum atomic E-state index is 10.2. The Morgan fingerprint density at radius 3 is 2.42 bits per heavy atom. The molecule has 1 aromatic rings. The van der Waals surface area contributed by atoms with E-state index in [1.165, 1.54) is 5.56 Å². The number of hydrogen-bond acceptors (Lipinski definition) is 3. The molecule has 1 aliphatic rings. The minimum atomic E-state index is -0.620. The topological polar surface area (TPSA) is 49.7 Å². The summed E-state index contributed by atoms with van der Waals surface area (Å²) in [4.78, 5) is 0. The number of aliphatic hydroxyl groups is 2. The molecule has 106 valence electrons. The van der Waals surface area contributed by atoms with Gasteiger partial charge in [-0.3, -0.25) is 0 Å². The number of benzene rings is 1. The maximum Gasteiger partial charge on any atom is 0.119 e. The average molecular weight is 264 g/mol. The van der Waals surface area contributed by atoms with Gasteiger partial charge in [-0.1, -0.05) is 25.0 Å². The summed E-state index contributed by atoms with van der Waals surface area (Å²) >= 11 is 0. The van der Waals surface area contributed by atoms with Gasteiger partial charge in [0, 0.05) is 0 Å². The summed E-state index contributed by atoms with van der Waals surface area (Å²) in [5.74, 6) is 0.807. The first-order valence-corrected chi connectivity index (χ1v) is 7.20. The van der Waals surface area contributed by atoms with Crippen LogP contribution < -0.4 is 4.74 Å². The molecule has 0 aromatic heterocycles. The third kappa shape index (κ3) is 4.51. The zero-order valence-electron chi connectivity index (χ0n) is 11.6. The summed E-state index contributed by atoms with van der Waals surface area (Å²) in [5.41, 5.74) is 0.582. The van der Waals surface area contributed by atoms with Crippen molar-refractivity contribution in [3.8, 4) is 5.75 Å². The largest absolute Gasteiger partial charge is 0.491 e. The summed E-state index contributed by atoms with van der Waals surface area (Å²) in [7, 11) is 0. The second kappa shape index (κ2) is 6.40. The van der Waals surface area contributed by atoms with Crippen molar-refractivity contribution in [3.05, 3.63) is 29.8 Å². The van der Waals surface area contributed by atoms with Crippen LogP contribution >= 0.6 is 0 Å². The zero-order valence-corrected chi connectivity index (χ0v) is 11.6. The molecule has 1 saturated carbocycles. The predicted molar refractivity (Wildman–Crippen MR) is 75.4 cm³/mol. The van der Waals surface area contributed by atoms with Crippen LogP contribution in [0.2, 0.25) is 0 Å². The molecule has 0 bridgehead atoms. The molecule has 0 amide bonds. The number of rotatable bonds is 6. The number of aliphatic hydroxyl groups excluding tert-OH is 1. The molecule has 3 heteroatoms. The smallest absolute Gasteiger partial charge is 0.119 e. The highest BCUT2D eigenvalue weighted by Crippen LogP contribution is 2.30. The van der Waals surface area contributed by atoms with Gasteiger partial charge >= 0.3 is 0 Å². The maximum absolute atomic E-state index is 10.2. The van der Waals surface area contributed by atoms with Gasteiger partial charge in [-0.15, -0.1) is 0 Å². The van der Waals surface area contributed by atoms with Crippen molar-refractivity contribution in [1.82, 2.24) is 0 Å². The van der Waals surface area contributed by atoms with Crippen LogP contribution in [0.4, 0.5) is 0 Å². The monoisotopic (exact) mass is 264 g/mol. The Bertz CT molecular complexity index is 377. The quantitative estimate of drug-likeness (QED) is 0.830. The first-order chi connectivity index (χ1) is 9.07. The Labute approximate surface area is 115 Å².